The van der Waals surface area contributed by atoms with Crippen LogP contribution < -0.4 is 11.1 Å². The number of nitrogens with one attached hydrogen (secondary N) is 1. The Balaban J connectivity index is 2.86. The molecule has 0 spiro atoms. The summed E-state index contributed by atoms with van der Waals surface area (Å²) in [6, 6.07) is 5.98. The highest BCUT2D eigenvalue weighted by Gasteiger charge is 2.12. The topological polar surface area (TPSA) is 109 Å². The van der Waals surface area contributed by atoms with Crippen molar-refractivity contribution in [3.05, 3.63) is 41.0 Å². The molecule has 1 aromatic carbocycles. The van der Waals surface area contributed by atoms with Crippen LogP contribution in [0.15, 0.2) is 35.4 Å². The van der Waals surface area contributed by atoms with Crippen LogP contribution >= 0.6 is 0 Å². The number of carboxylic acids is 1. The highest BCUT2D eigenvalue weighted by atomic mass is 16.4. The summed E-state index contributed by atoms with van der Waals surface area (Å²) in [7, 11) is 0. The van der Waals surface area contributed by atoms with Crippen LogP contribution in [0.25, 0.3) is 0 Å². The Hall–Kier alpha value is -2.63. The number of anilines is 1. The number of benzene rings is 1. The summed E-state index contributed by atoms with van der Waals surface area (Å²) < 4.78 is 0. The lowest BCUT2D eigenvalue weighted by atomic mass is 10.1. The molecule has 0 unspecified atom stereocenters. The molecule has 0 heterocycles. The third kappa shape index (κ3) is 3.67. The van der Waals surface area contributed by atoms with Gasteiger partial charge in [-0.3, -0.25) is 9.59 Å². The van der Waals surface area contributed by atoms with Crippen LogP contribution in [-0.4, -0.2) is 22.9 Å². The average molecular weight is 262 g/mol. The van der Waals surface area contributed by atoms with Crippen LogP contribution in [-0.2, 0) is 9.59 Å². The van der Waals surface area contributed by atoms with E-state index in [0.29, 0.717) is 11.3 Å². The smallest absolute Gasteiger partial charge is 0.331 e. The molecule has 1 aromatic rings. The normalized spacial score (nSPS) is 11.5. The van der Waals surface area contributed by atoms with E-state index in [2.05, 4.69) is 5.32 Å². The van der Waals surface area contributed by atoms with E-state index in [0.717, 1.165) is 0 Å². The first-order valence-corrected chi connectivity index (χ1v) is 5.45. The molecular formula is C13H14N2O4. The third-order valence-electron chi connectivity index (χ3n) is 2.65. The van der Waals surface area contributed by atoms with E-state index in [1.54, 1.807) is 0 Å². The van der Waals surface area contributed by atoms with Gasteiger partial charge in [0.05, 0.1) is 0 Å². The summed E-state index contributed by atoms with van der Waals surface area (Å²) in [5.74, 6) is -2.21. The maximum Gasteiger partial charge on any atom is 0.331 e. The number of hydrogen-bond donors (Lipinski definition) is 3. The minimum Gasteiger partial charge on any atom is -0.478 e. The zero-order valence-corrected chi connectivity index (χ0v) is 10.6. The lowest BCUT2D eigenvalue weighted by Crippen LogP contribution is -2.16. The Morgan fingerprint density at radius 2 is 1.58 bits per heavy atom. The molecule has 0 aliphatic rings. The number of rotatable bonds is 4. The van der Waals surface area contributed by atoms with E-state index < -0.39 is 17.8 Å². The molecule has 6 nitrogen and oxygen atoms in total. The maximum absolute atomic E-state index is 11.8. The van der Waals surface area contributed by atoms with Crippen LogP contribution in [0, 0.1) is 0 Å². The molecular weight excluding hydrogens is 248 g/mol. The molecule has 0 radical (unpaired) electrons. The average Bonchev–Trinajstić information content (AvgIpc) is 2.37. The lowest BCUT2D eigenvalue weighted by molar-refractivity contribution is -0.133. The molecule has 4 N–H and O–H groups in total. The van der Waals surface area contributed by atoms with Gasteiger partial charge in [0, 0.05) is 22.4 Å². The molecule has 0 aliphatic heterocycles. The molecule has 0 atom stereocenters. The van der Waals surface area contributed by atoms with Crippen LogP contribution in [0.4, 0.5) is 5.69 Å². The minimum atomic E-state index is -1.14. The zero-order valence-electron chi connectivity index (χ0n) is 10.6. The van der Waals surface area contributed by atoms with Gasteiger partial charge in [-0.25, -0.2) is 4.79 Å². The fraction of sp³-hybridized carbons (Fsp3) is 0.154. The molecule has 0 aliphatic carbocycles. The van der Waals surface area contributed by atoms with Crippen molar-refractivity contribution in [3.8, 4) is 0 Å². The Morgan fingerprint density at radius 3 is 2.00 bits per heavy atom. The molecule has 100 valence electrons. The second kappa shape index (κ2) is 5.81. The van der Waals surface area contributed by atoms with Crippen LogP contribution in [0.5, 0.6) is 0 Å². The first-order chi connectivity index (χ1) is 8.82. The number of amides is 2. The Bertz CT molecular complexity index is 559. The van der Waals surface area contributed by atoms with Crippen LogP contribution in [0.2, 0.25) is 0 Å². The van der Waals surface area contributed by atoms with E-state index in [-0.39, 0.29) is 11.1 Å². The largest absolute Gasteiger partial charge is 0.478 e. The molecule has 19 heavy (non-hydrogen) atoms. The van der Waals surface area contributed by atoms with E-state index in [1.807, 2.05) is 0 Å². The van der Waals surface area contributed by atoms with Crippen molar-refractivity contribution >= 4 is 23.5 Å². The van der Waals surface area contributed by atoms with Crippen molar-refractivity contribution in [2.24, 2.45) is 5.73 Å². The SMILES string of the molecule is CC(C(=O)O)=C(C)C(=O)Nc1ccc(C(N)=O)cc1. The highest BCUT2D eigenvalue weighted by Crippen LogP contribution is 2.12. The van der Waals surface area contributed by atoms with Gasteiger partial charge in [-0.2, -0.15) is 0 Å². The summed E-state index contributed by atoms with van der Waals surface area (Å²) in [6.07, 6.45) is 0. The van der Waals surface area contributed by atoms with Crippen molar-refractivity contribution in [3.63, 3.8) is 0 Å². The standard InChI is InChI=1S/C13H14N2O4/c1-7(8(2)13(18)19)12(17)15-10-5-3-9(4-6-10)11(14)16/h3-6H,1-2H3,(H2,14,16)(H,15,17)(H,18,19). The first kappa shape index (κ1) is 14.4. The Labute approximate surface area is 109 Å². The first-order valence-electron chi connectivity index (χ1n) is 5.45. The molecule has 0 aromatic heterocycles. The van der Waals surface area contributed by atoms with E-state index >= 15 is 0 Å². The molecule has 1 rings (SSSR count). The summed E-state index contributed by atoms with van der Waals surface area (Å²) >= 11 is 0. The number of carbonyl (C=O) groups excluding carboxylic acids is 2. The van der Waals surface area contributed by atoms with Crippen LogP contribution in [0.3, 0.4) is 0 Å². The van der Waals surface area contributed by atoms with Crippen molar-refractivity contribution < 1.29 is 19.5 Å². The highest BCUT2D eigenvalue weighted by molar-refractivity contribution is 6.08. The van der Waals surface area contributed by atoms with Crippen LogP contribution in [0.1, 0.15) is 24.2 Å². The monoisotopic (exact) mass is 262 g/mol. The number of hydrogen-bond acceptors (Lipinski definition) is 3. The number of aliphatic carboxylic acids is 1. The summed E-state index contributed by atoms with van der Waals surface area (Å²) in [5.41, 5.74) is 5.96. The molecule has 0 saturated heterocycles. The quantitative estimate of drug-likeness (QED) is 0.707. The summed E-state index contributed by atoms with van der Waals surface area (Å²) in [6.45, 7) is 2.78. The Morgan fingerprint density at radius 1 is 1.05 bits per heavy atom. The molecule has 6 heteroatoms. The lowest BCUT2D eigenvalue weighted by Gasteiger charge is -2.07. The molecule has 2 amide bonds. The number of carboxylic acid groups (broad SMARTS) is 1. The van der Waals surface area contributed by atoms with Gasteiger partial charge >= 0.3 is 5.97 Å². The van der Waals surface area contributed by atoms with Gasteiger partial charge in [0.1, 0.15) is 0 Å². The summed E-state index contributed by atoms with van der Waals surface area (Å²) in [4.78, 5) is 33.4. The van der Waals surface area contributed by atoms with E-state index in [1.165, 1.54) is 38.1 Å². The molecule has 0 fully saturated rings. The summed E-state index contributed by atoms with van der Waals surface area (Å²) in [5, 5.41) is 11.3. The minimum absolute atomic E-state index is 0.0220. The number of nitrogens with two attached hydrogens (primary N) is 1. The van der Waals surface area contributed by atoms with Gasteiger partial charge in [0.15, 0.2) is 0 Å². The van der Waals surface area contributed by atoms with Gasteiger partial charge in [0.25, 0.3) is 5.91 Å². The van der Waals surface area contributed by atoms with Gasteiger partial charge in [-0.1, -0.05) is 0 Å². The molecule has 0 saturated carbocycles. The second-order valence-corrected chi connectivity index (χ2v) is 3.95. The fourth-order valence-corrected chi connectivity index (χ4v) is 1.27. The molecule has 0 bridgehead atoms. The van der Waals surface area contributed by atoms with Crippen molar-refractivity contribution in [2.75, 3.05) is 5.32 Å². The van der Waals surface area contributed by atoms with E-state index in [4.69, 9.17) is 10.8 Å². The van der Waals surface area contributed by atoms with Gasteiger partial charge in [-0.05, 0) is 38.1 Å². The maximum atomic E-state index is 11.8. The zero-order chi connectivity index (χ0) is 14.6. The van der Waals surface area contributed by atoms with Gasteiger partial charge in [0.2, 0.25) is 5.91 Å². The van der Waals surface area contributed by atoms with Crippen molar-refractivity contribution in [2.45, 2.75) is 13.8 Å². The van der Waals surface area contributed by atoms with Gasteiger partial charge in [-0.15, -0.1) is 0 Å². The predicted molar refractivity (Wildman–Crippen MR) is 69.6 cm³/mol. The third-order valence-corrected chi connectivity index (χ3v) is 2.65. The van der Waals surface area contributed by atoms with Gasteiger partial charge < -0.3 is 16.2 Å². The number of primary amides is 1. The predicted octanol–water partition coefficient (Wildman–Crippen LogP) is 1.14. The Kier molecular flexibility index (Phi) is 4.41. The second-order valence-electron chi connectivity index (χ2n) is 3.95. The fourth-order valence-electron chi connectivity index (χ4n) is 1.27. The number of carbonyl (C=O) groups is 3. The van der Waals surface area contributed by atoms with Crippen molar-refractivity contribution in [1.29, 1.82) is 0 Å². The van der Waals surface area contributed by atoms with E-state index in [9.17, 15) is 14.4 Å². The van der Waals surface area contributed by atoms with Crippen molar-refractivity contribution in [1.82, 2.24) is 0 Å².